The summed E-state index contributed by atoms with van der Waals surface area (Å²) in [5.74, 6) is -2.69. The van der Waals surface area contributed by atoms with Crippen LogP contribution in [0.5, 0.6) is 0 Å². The smallest absolute Gasteiger partial charge is 0.313 e. The van der Waals surface area contributed by atoms with Gasteiger partial charge in [-0.05, 0) is 19.4 Å². The second-order valence-corrected chi connectivity index (χ2v) is 8.22. The van der Waals surface area contributed by atoms with E-state index in [1.165, 1.54) is 4.90 Å². The van der Waals surface area contributed by atoms with E-state index in [1.807, 2.05) is 6.08 Å². The Morgan fingerprint density at radius 3 is 2.79 bits per heavy atom. The minimum absolute atomic E-state index is 0.142. The molecule has 4 rings (SSSR count). The molecule has 0 aromatic rings. The van der Waals surface area contributed by atoms with Crippen LogP contribution < -0.4 is 0 Å². The average molecular weight is 404 g/mol. The number of fused-ring (bicyclic) bond motifs is 2. The lowest BCUT2D eigenvalue weighted by atomic mass is 9.78. The Bertz CT molecular complexity index is 764. The van der Waals surface area contributed by atoms with E-state index in [0.29, 0.717) is 13.1 Å². The number of esters is 1. The van der Waals surface area contributed by atoms with Crippen LogP contribution in [0.25, 0.3) is 0 Å². The molecule has 29 heavy (non-hydrogen) atoms. The highest BCUT2D eigenvalue weighted by Gasteiger charge is 2.72. The number of nitrogens with zero attached hydrogens (tertiary/aromatic N) is 2. The summed E-state index contributed by atoms with van der Waals surface area (Å²) in [5, 5.41) is 9.78. The van der Waals surface area contributed by atoms with Gasteiger partial charge in [0.2, 0.25) is 11.8 Å². The standard InChI is InChI=1S/C21H28N2O6/c1-3-4-9-22-10-6-8-21-16(15-14(29-21)7-5-11-28-20(15)27)18(25)23(13(2)12-24)17(21)19(22)26/h5-8,13-17,24H,3-4,9-12H2,1-2H3/t13?,14-,15+,16+,17-,21?/m1/s1. The van der Waals surface area contributed by atoms with Gasteiger partial charge in [0.25, 0.3) is 0 Å². The lowest BCUT2D eigenvalue weighted by molar-refractivity contribution is -0.154. The van der Waals surface area contributed by atoms with Gasteiger partial charge < -0.3 is 24.4 Å². The first-order valence-corrected chi connectivity index (χ1v) is 10.4. The topological polar surface area (TPSA) is 96.4 Å². The molecule has 158 valence electrons. The van der Waals surface area contributed by atoms with Crippen LogP contribution in [0.4, 0.5) is 0 Å². The van der Waals surface area contributed by atoms with E-state index in [-0.39, 0.29) is 25.0 Å². The molecule has 4 aliphatic rings. The van der Waals surface area contributed by atoms with E-state index in [1.54, 1.807) is 30.1 Å². The Labute approximate surface area is 170 Å². The normalized spacial score (nSPS) is 37.0. The summed E-state index contributed by atoms with van der Waals surface area (Å²) in [6.07, 6.45) is 8.30. The fourth-order valence-corrected chi connectivity index (χ4v) is 5.07. The zero-order valence-electron chi connectivity index (χ0n) is 16.8. The van der Waals surface area contributed by atoms with Gasteiger partial charge in [-0.2, -0.15) is 0 Å². The largest absolute Gasteiger partial charge is 0.461 e. The summed E-state index contributed by atoms with van der Waals surface area (Å²) in [6.45, 7) is 4.63. The maximum absolute atomic E-state index is 13.6. The van der Waals surface area contributed by atoms with Gasteiger partial charge in [-0.25, -0.2) is 0 Å². The number of cyclic esters (lactones) is 1. The van der Waals surface area contributed by atoms with Crippen molar-refractivity contribution in [3.63, 3.8) is 0 Å². The molecule has 0 aromatic heterocycles. The van der Waals surface area contributed by atoms with E-state index in [0.717, 1.165) is 12.8 Å². The molecule has 0 bridgehead atoms. The third-order valence-corrected chi connectivity index (χ3v) is 6.46. The predicted molar refractivity (Wildman–Crippen MR) is 102 cm³/mol. The molecule has 0 radical (unpaired) electrons. The highest BCUT2D eigenvalue weighted by Crippen LogP contribution is 2.53. The van der Waals surface area contributed by atoms with Crippen molar-refractivity contribution in [2.45, 2.75) is 50.5 Å². The van der Waals surface area contributed by atoms with Gasteiger partial charge in [0, 0.05) is 13.1 Å². The molecular weight excluding hydrogens is 376 g/mol. The number of aliphatic hydroxyl groups is 1. The molecule has 8 heteroatoms. The maximum atomic E-state index is 13.6. The van der Waals surface area contributed by atoms with Crippen molar-refractivity contribution in [3.05, 3.63) is 24.3 Å². The lowest BCUT2D eigenvalue weighted by Crippen LogP contribution is -2.57. The molecule has 8 nitrogen and oxygen atoms in total. The molecule has 0 saturated carbocycles. The third kappa shape index (κ3) is 2.92. The number of hydrogen-bond acceptors (Lipinski definition) is 6. The Balaban J connectivity index is 1.81. The van der Waals surface area contributed by atoms with Gasteiger partial charge in [0.05, 0.1) is 24.7 Å². The van der Waals surface area contributed by atoms with Crippen LogP contribution in [0, 0.1) is 11.8 Å². The Morgan fingerprint density at radius 2 is 2.07 bits per heavy atom. The first kappa shape index (κ1) is 20.1. The second-order valence-electron chi connectivity index (χ2n) is 8.22. The summed E-state index contributed by atoms with van der Waals surface area (Å²) >= 11 is 0. The van der Waals surface area contributed by atoms with Gasteiger partial charge >= 0.3 is 5.97 Å². The summed E-state index contributed by atoms with van der Waals surface area (Å²) in [6, 6.07) is -1.48. The van der Waals surface area contributed by atoms with Crippen LogP contribution in [0.3, 0.4) is 0 Å². The molecule has 2 saturated heterocycles. The number of hydrogen-bond donors (Lipinski definition) is 1. The number of ether oxygens (including phenoxy) is 2. The first-order chi connectivity index (χ1) is 14.0. The van der Waals surface area contributed by atoms with E-state index < -0.39 is 41.6 Å². The fraction of sp³-hybridized carbons (Fsp3) is 0.667. The fourth-order valence-electron chi connectivity index (χ4n) is 5.07. The summed E-state index contributed by atoms with van der Waals surface area (Å²) in [7, 11) is 0. The zero-order valence-corrected chi connectivity index (χ0v) is 16.8. The molecule has 2 fully saturated rings. The molecule has 0 aromatic carbocycles. The number of carbonyl (C=O) groups excluding carboxylic acids is 3. The molecule has 2 unspecified atom stereocenters. The van der Waals surface area contributed by atoms with Crippen molar-refractivity contribution in [1.82, 2.24) is 9.80 Å². The number of aliphatic hydroxyl groups excluding tert-OH is 1. The number of unbranched alkanes of at least 4 members (excludes halogenated alkanes) is 1. The van der Waals surface area contributed by atoms with Crippen molar-refractivity contribution in [2.75, 3.05) is 26.3 Å². The molecular formula is C21H28N2O6. The maximum Gasteiger partial charge on any atom is 0.313 e. The average Bonchev–Trinajstić information content (AvgIpc) is 3.02. The number of carbonyl (C=O) groups is 3. The van der Waals surface area contributed by atoms with E-state index >= 15 is 0 Å². The van der Waals surface area contributed by atoms with E-state index in [9.17, 15) is 19.5 Å². The number of likely N-dealkylation sites (tertiary alicyclic amines) is 1. The van der Waals surface area contributed by atoms with Gasteiger partial charge in [0.15, 0.2) is 0 Å². The first-order valence-electron chi connectivity index (χ1n) is 10.4. The summed E-state index contributed by atoms with van der Waals surface area (Å²) in [5.41, 5.74) is -1.24. The SMILES string of the molecule is CCCCN1CC=CC23O[C@@H]4C=CCOC(=O)[C@@H]4[C@H]2C(=O)N(C(C)CO)[C@@H]3C1=O. The summed E-state index contributed by atoms with van der Waals surface area (Å²) in [4.78, 5) is 43.0. The van der Waals surface area contributed by atoms with Crippen molar-refractivity contribution >= 4 is 17.8 Å². The van der Waals surface area contributed by atoms with E-state index in [4.69, 9.17) is 9.47 Å². The quantitative estimate of drug-likeness (QED) is 0.522. The Morgan fingerprint density at radius 1 is 1.28 bits per heavy atom. The van der Waals surface area contributed by atoms with Crippen LogP contribution in [0.2, 0.25) is 0 Å². The minimum atomic E-state index is -1.24. The highest BCUT2D eigenvalue weighted by atomic mass is 16.6. The molecule has 1 N–H and O–H groups in total. The van der Waals surface area contributed by atoms with Crippen molar-refractivity contribution < 1.29 is 29.0 Å². The van der Waals surface area contributed by atoms with Gasteiger partial charge in [-0.3, -0.25) is 14.4 Å². The van der Waals surface area contributed by atoms with Crippen LogP contribution in [0.1, 0.15) is 26.7 Å². The van der Waals surface area contributed by atoms with Gasteiger partial charge in [-0.15, -0.1) is 0 Å². The lowest BCUT2D eigenvalue weighted by Gasteiger charge is -2.37. The third-order valence-electron chi connectivity index (χ3n) is 6.46. The molecule has 2 amide bonds. The zero-order chi connectivity index (χ0) is 20.8. The minimum Gasteiger partial charge on any atom is -0.461 e. The monoisotopic (exact) mass is 404 g/mol. The van der Waals surface area contributed by atoms with Crippen LogP contribution in [-0.4, -0.2) is 82.8 Å². The molecule has 6 atom stereocenters. The van der Waals surface area contributed by atoms with Crippen LogP contribution >= 0.6 is 0 Å². The Kier molecular flexibility index (Phi) is 5.25. The Hall–Kier alpha value is -2.19. The van der Waals surface area contributed by atoms with E-state index in [2.05, 4.69) is 6.92 Å². The van der Waals surface area contributed by atoms with Crippen LogP contribution in [-0.2, 0) is 23.9 Å². The van der Waals surface area contributed by atoms with Crippen molar-refractivity contribution in [3.8, 4) is 0 Å². The van der Waals surface area contributed by atoms with Crippen molar-refractivity contribution in [1.29, 1.82) is 0 Å². The van der Waals surface area contributed by atoms with Crippen molar-refractivity contribution in [2.24, 2.45) is 11.8 Å². The molecule has 0 aliphatic carbocycles. The van der Waals surface area contributed by atoms with Gasteiger partial charge in [-0.1, -0.05) is 31.6 Å². The number of rotatable bonds is 5. The summed E-state index contributed by atoms with van der Waals surface area (Å²) < 4.78 is 11.6. The molecule has 1 spiro atoms. The van der Waals surface area contributed by atoms with Crippen LogP contribution in [0.15, 0.2) is 24.3 Å². The highest BCUT2D eigenvalue weighted by molar-refractivity contribution is 5.99. The number of amides is 2. The predicted octanol–water partition coefficient (Wildman–Crippen LogP) is 0.260. The van der Waals surface area contributed by atoms with Gasteiger partial charge in [0.1, 0.15) is 24.2 Å². The molecule has 4 heterocycles. The second kappa shape index (κ2) is 7.57. The molecule has 4 aliphatic heterocycles.